The van der Waals surface area contributed by atoms with E-state index in [0.29, 0.717) is 17.8 Å². The first-order valence-electron chi connectivity index (χ1n) is 7.90. The summed E-state index contributed by atoms with van der Waals surface area (Å²) in [6.07, 6.45) is 4.92. The van der Waals surface area contributed by atoms with Gasteiger partial charge in [0.2, 0.25) is 0 Å². The Kier molecular flexibility index (Phi) is 5.86. The predicted octanol–water partition coefficient (Wildman–Crippen LogP) is 2.79. The summed E-state index contributed by atoms with van der Waals surface area (Å²) in [6.45, 7) is 8.20. The van der Waals surface area contributed by atoms with E-state index in [4.69, 9.17) is 0 Å². The third-order valence-corrected chi connectivity index (χ3v) is 4.33. The van der Waals surface area contributed by atoms with Gasteiger partial charge in [-0.2, -0.15) is 0 Å². The Hall–Kier alpha value is -1.06. The van der Waals surface area contributed by atoms with Gasteiger partial charge < -0.3 is 10.4 Å². The summed E-state index contributed by atoms with van der Waals surface area (Å²) in [5, 5.41) is 12.9. The minimum absolute atomic E-state index is 0.347. The summed E-state index contributed by atoms with van der Waals surface area (Å²) >= 11 is 0. The van der Waals surface area contributed by atoms with E-state index in [-0.39, 0.29) is 0 Å². The first kappa shape index (κ1) is 15.3. The maximum Gasteiger partial charge on any atom is 0.115 e. The zero-order chi connectivity index (χ0) is 14.4. The summed E-state index contributed by atoms with van der Waals surface area (Å²) in [7, 11) is 0. The zero-order valence-corrected chi connectivity index (χ0v) is 12.8. The Bertz CT molecular complexity index is 384. The third-order valence-electron chi connectivity index (χ3n) is 4.33. The molecule has 0 saturated carbocycles. The van der Waals surface area contributed by atoms with Crippen LogP contribution in [0.5, 0.6) is 5.75 Å². The molecule has 2 atom stereocenters. The molecule has 20 heavy (non-hydrogen) atoms. The normalized spacial score (nSPS) is 19.1. The molecule has 2 N–H and O–H groups in total. The molecule has 0 radical (unpaired) electrons. The van der Waals surface area contributed by atoms with Gasteiger partial charge in [0.25, 0.3) is 0 Å². The van der Waals surface area contributed by atoms with Gasteiger partial charge in [-0.3, -0.25) is 4.90 Å². The smallest absolute Gasteiger partial charge is 0.115 e. The van der Waals surface area contributed by atoms with Crippen molar-refractivity contribution in [3.63, 3.8) is 0 Å². The first-order chi connectivity index (χ1) is 9.65. The van der Waals surface area contributed by atoms with Crippen molar-refractivity contribution in [2.45, 2.75) is 51.6 Å². The molecule has 1 fully saturated rings. The SMILES string of the molecule is CC(CCc1ccc(O)cc1)NCC(C)N1CCCC1. The third kappa shape index (κ3) is 4.80. The highest BCUT2D eigenvalue weighted by Gasteiger charge is 2.17. The maximum absolute atomic E-state index is 9.27. The first-order valence-corrected chi connectivity index (χ1v) is 7.90. The number of aromatic hydroxyl groups is 1. The summed E-state index contributed by atoms with van der Waals surface area (Å²) in [4.78, 5) is 2.58. The van der Waals surface area contributed by atoms with E-state index in [1.54, 1.807) is 12.1 Å². The van der Waals surface area contributed by atoms with Crippen molar-refractivity contribution in [2.24, 2.45) is 0 Å². The molecule has 1 aliphatic heterocycles. The van der Waals surface area contributed by atoms with Crippen LogP contribution in [0.4, 0.5) is 0 Å². The van der Waals surface area contributed by atoms with E-state index in [2.05, 4.69) is 24.1 Å². The highest BCUT2D eigenvalue weighted by molar-refractivity contribution is 5.25. The second kappa shape index (κ2) is 7.65. The highest BCUT2D eigenvalue weighted by atomic mass is 16.3. The largest absolute Gasteiger partial charge is 0.508 e. The average molecular weight is 276 g/mol. The maximum atomic E-state index is 9.27. The molecule has 1 aliphatic rings. The number of benzene rings is 1. The van der Waals surface area contributed by atoms with E-state index >= 15 is 0 Å². The van der Waals surface area contributed by atoms with Gasteiger partial charge in [0.1, 0.15) is 5.75 Å². The lowest BCUT2D eigenvalue weighted by Gasteiger charge is -2.25. The Morgan fingerprint density at radius 2 is 1.80 bits per heavy atom. The van der Waals surface area contributed by atoms with Crippen LogP contribution in [0.25, 0.3) is 0 Å². The topological polar surface area (TPSA) is 35.5 Å². The molecule has 2 unspecified atom stereocenters. The number of likely N-dealkylation sites (tertiary alicyclic amines) is 1. The molecular weight excluding hydrogens is 248 g/mol. The minimum atomic E-state index is 0.347. The number of aryl methyl sites for hydroxylation is 1. The molecule has 1 aromatic rings. The minimum Gasteiger partial charge on any atom is -0.508 e. The van der Waals surface area contributed by atoms with E-state index in [1.165, 1.54) is 31.5 Å². The number of phenolic OH excluding ortho intramolecular Hbond substituents is 1. The summed E-state index contributed by atoms with van der Waals surface area (Å²) in [5.41, 5.74) is 1.30. The molecule has 0 amide bonds. The van der Waals surface area contributed by atoms with Crippen molar-refractivity contribution in [2.75, 3.05) is 19.6 Å². The van der Waals surface area contributed by atoms with Crippen LogP contribution in [0.1, 0.15) is 38.7 Å². The average Bonchev–Trinajstić information content (AvgIpc) is 2.98. The van der Waals surface area contributed by atoms with Gasteiger partial charge >= 0.3 is 0 Å². The van der Waals surface area contributed by atoms with E-state index in [1.807, 2.05) is 12.1 Å². The van der Waals surface area contributed by atoms with Crippen LogP contribution >= 0.6 is 0 Å². The van der Waals surface area contributed by atoms with Crippen LogP contribution in [0.3, 0.4) is 0 Å². The van der Waals surface area contributed by atoms with Crippen LogP contribution in [0.2, 0.25) is 0 Å². The van der Waals surface area contributed by atoms with Crippen molar-refractivity contribution < 1.29 is 5.11 Å². The van der Waals surface area contributed by atoms with Crippen molar-refractivity contribution in [3.8, 4) is 5.75 Å². The van der Waals surface area contributed by atoms with Crippen molar-refractivity contribution in [1.82, 2.24) is 10.2 Å². The molecule has 0 aliphatic carbocycles. The van der Waals surface area contributed by atoms with E-state index in [0.717, 1.165) is 19.4 Å². The van der Waals surface area contributed by atoms with E-state index < -0.39 is 0 Å². The number of rotatable bonds is 7. The van der Waals surface area contributed by atoms with Crippen LogP contribution in [0, 0.1) is 0 Å². The van der Waals surface area contributed by atoms with Gasteiger partial charge in [-0.1, -0.05) is 12.1 Å². The quantitative estimate of drug-likeness (QED) is 0.804. The fourth-order valence-corrected chi connectivity index (χ4v) is 2.83. The van der Waals surface area contributed by atoms with E-state index in [9.17, 15) is 5.11 Å². The molecule has 2 rings (SSSR count). The number of hydrogen-bond acceptors (Lipinski definition) is 3. The van der Waals surface area contributed by atoms with Crippen molar-refractivity contribution in [3.05, 3.63) is 29.8 Å². The zero-order valence-electron chi connectivity index (χ0n) is 12.8. The lowest BCUT2D eigenvalue weighted by molar-refractivity contribution is 0.246. The molecule has 1 heterocycles. The lowest BCUT2D eigenvalue weighted by atomic mass is 10.1. The van der Waals surface area contributed by atoms with Gasteiger partial charge in [0.05, 0.1) is 0 Å². The molecule has 0 bridgehead atoms. The Morgan fingerprint density at radius 1 is 1.15 bits per heavy atom. The fourth-order valence-electron chi connectivity index (χ4n) is 2.83. The molecule has 3 heteroatoms. The lowest BCUT2D eigenvalue weighted by Crippen LogP contribution is -2.41. The van der Waals surface area contributed by atoms with Gasteiger partial charge in [-0.25, -0.2) is 0 Å². The van der Waals surface area contributed by atoms with Gasteiger partial charge in [-0.05, 0) is 70.3 Å². The standard InChI is InChI=1S/C17H28N2O/c1-14(5-6-16-7-9-17(20)10-8-16)18-13-15(2)19-11-3-4-12-19/h7-10,14-15,18,20H,3-6,11-13H2,1-2H3. The number of nitrogens with one attached hydrogen (secondary N) is 1. The van der Waals surface area contributed by atoms with Gasteiger partial charge in [0.15, 0.2) is 0 Å². The predicted molar refractivity (Wildman–Crippen MR) is 84.2 cm³/mol. The summed E-state index contributed by atoms with van der Waals surface area (Å²) in [5.74, 6) is 0.347. The highest BCUT2D eigenvalue weighted by Crippen LogP contribution is 2.13. The van der Waals surface area contributed by atoms with Crippen LogP contribution < -0.4 is 5.32 Å². The molecule has 1 aromatic carbocycles. The summed E-state index contributed by atoms with van der Waals surface area (Å²) in [6, 6.07) is 8.73. The van der Waals surface area contributed by atoms with Crippen LogP contribution in [0.15, 0.2) is 24.3 Å². The Balaban J connectivity index is 1.64. The molecule has 1 saturated heterocycles. The van der Waals surface area contributed by atoms with Crippen molar-refractivity contribution >= 4 is 0 Å². The van der Waals surface area contributed by atoms with Crippen LogP contribution in [-0.2, 0) is 6.42 Å². The van der Waals surface area contributed by atoms with Crippen LogP contribution in [-0.4, -0.2) is 41.7 Å². The molecule has 0 spiro atoms. The molecule has 0 aromatic heterocycles. The molecule has 112 valence electrons. The fraction of sp³-hybridized carbons (Fsp3) is 0.647. The van der Waals surface area contributed by atoms with Gasteiger partial charge in [0, 0.05) is 18.6 Å². The number of phenols is 1. The van der Waals surface area contributed by atoms with Gasteiger partial charge in [-0.15, -0.1) is 0 Å². The Labute approximate surface area is 123 Å². The Morgan fingerprint density at radius 3 is 2.45 bits per heavy atom. The summed E-state index contributed by atoms with van der Waals surface area (Å²) < 4.78 is 0. The monoisotopic (exact) mass is 276 g/mol. The molecular formula is C17H28N2O. The number of nitrogens with zero attached hydrogens (tertiary/aromatic N) is 1. The second-order valence-corrected chi connectivity index (χ2v) is 6.11. The van der Waals surface area contributed by atoms with Crippen molar-refractivity contribution in [1.29, 1.82) is 0 Å². The number of hydrogen-bond donors (Lipinski definition) is 2. The second-order valence-electron chi connectivity index (χ2n) is 6.11. The molecule has 3 nitrogen and oxygen atoms in total.